The Balaban J connectivity index is 2.10. The van der Waals surface area contributed by atoms with Crippen LogP contribution in [0, 0.1) is 6.92 Å². The molecule has 0 unspecified atom stereocenters. The van der Waals surface area contributed by atoms with Crippen molar-refractivity contribution in [1.82, 2.24) is 4.98 Å². The highest BCUT2D eigenvalue weighted by Crippen LogP contribution is 2.39. The van der Waals surface area contributed by atoms with Crippen LogP contribution in [0.2, 0.25) is 0 Å². The molecule has 1 aromatic carbocycles. The number of rotatable bonds is 2. The standard InChI is InChI=1S/C14H9Br2NS2/c1-8-13(9-4-2-3-5-10(9)15)17-14(18-8)11-6-7-12(16)19-11/h2-7H,1H3. The van der Waals surface area contributed by atoms with Crippen LogP contribution in [-0.2, 0) is 0 Å². The predicted molar refractivity (Wildman–Crippen MR) is 91.0 cm³/mol. The second kappa shape index (κ2) is 5.48. The lowest BCUT2D eigenvalue weighted by molar-refractivity contribution is 1.37. The summed E-state index contributed by atoms with van der Waals surface area (Å²) in [6, 6.07) is 12.4. The Hall–Kier alpha value is -0.490. The Bertz CT molecular complexity index is 731. The van der Waals surface area contributed by atoms with Crippen LogP contribution in [-0.4, -0.2) is 4.98 Å². The van der Waals surface area contributed by atoms with Gasteiger partial charge in [0.15, 0.2) is 0 Å². The van der Waals surface area contributed by atoms with Crippen LogP contribution in [0.25, 0.3) is 21.1 Å². The topological polar surface area (TPSA) is 12.9 Å². The first-order valence-electron chi connectivity index (χ1n) is 5.63. The Morgan fingerprint density at radius 3 is 2.47 bits per heavy atom. The quantitative estimate of drug-likeness (QED) is 0.474. The second-order valence-electron chi connectivity index (χ2n) is 4.01. The summed E-state index contributed by atoms with van der Waals surface area (Å²) in [4.78, 5) is 7.25. The molecular weight excluding hydrogens is 406 g/mol. The van der Waals surface area contributed by atoms with Gasteiger partial charge in [0.05, 0.1) is 14.4 Å². The molecule has 0 saturated heterocycles. The predicted octanol–water partition coefficient (Wildman–Crippen LogP) is 6.37. The normalized spacial score (nSPS) is 10.9. The Morgan fingerprint density at radius 1 is 1.00 bits per heavy atom. The van der Waals surface area contributed by atoms with Gasteiger partial charge in [0.2, 0.25) is 0 Å². The summed E-state index contributed by atoms with van der Waals surface area (Å²) in [5.41, 5.74) is 2.22. The van der Waals surface area contributed by atoms with Gasteiger partial charge in [-0.15, -0.1) is 22.7 Å². The molecular formula is C14H9Br2NS2. The summed E-state index contributed by atoms with van der Waals surface area (Å²) >= 11 is 10.6. The molecule has 3 rings (SSSR count). The zero-order valence-electron chi connectivity index (χ0n) is 9.98. The van der Waals surface area contributed by atoms with Crippen LogP contribution < -0.4 is 0 Å². The summed E-state index contributed by atoms with van der Waals surface area (Å²) in [6.45, 7) is 2.12. The van der Waals surface area contributed by atoms with Crippen LogP contribution >= 0.6 is 54.5 Å². The summed E-state index contributed by atoms with van der Waals surface area (Å²) in [6.07, 6.45) is 0. The maximum absolute atomic E-state index is 4.80. The molecule has 0 atom stereocenters. The van der Waals surface area contributed by atoms with Crippen molar-refractivity contribution >= 4 is 54.5 Å². The molecule has 2 aromatic heterocycles. The smallest absolute Gasteiger partial charge is 0.134 e. The zero-order chi connectivity index (χ0) is 13.4. The lowest BCUT2D eigenvalue weighted by Crippen LogP contribution is -1.82. The molecule has 3 aromatic rings. The van der Waals surface area contributed by atoms with Gasteiger partial charge in [-0.2, -0.15) is 0 Å². The minimum Gasteiger partial charge on any atom is -0.235 e. The molecule has 0 saturated carbocycles. The molecule has 19 heavy (non-hydrogen) atoms. The maximum atomic E-state index is 4.80. The van der Waals surface area contributed by atoms with Crippen LogP contribution in [0.3, 0.4) is 0 Å². The number of halogens is 2. The molecule has 0 aliphatic rings. The van der Waals surface area contributed by atoms with Crippen molar-refractivity contribution in [3.63, 3.8) is 0 Å². The molecule has 5 heteroatoms. The third-order valence-electron chi connectivity index (χ3n) is 2.71. The Labute approximate surface area is 136 Å². The van der Waals surface area contributed by atoms with Gasteiger partial charge in [0.25, 0.3) is 0 Å². The number of aryl methyl sites for hydroxylation is 1. The molecule has 96 valence electrons. The Kier molecular flexibility index (Phi) is 3.89. The minimum absolute atomic E-state index is 1.07. The lowest BCUT2D eigenvalue weighted by Gasteiger charge is -2.01. The average Bonchev–Trinajstić information content (AvgIpc) is 2.96. The van der Waals surface area contributed by atoms with Crippen molar-refractivity contribution in [2.75, 3.05) is 0 Å². The van der Waals surface area contributed by atoms with E-state index in [-0.39, 0.29) is 0 Å². The van der Waals surface area contributed by atoms with Gasteiger partial charge in [0, 0.05) is 14.9 Å². The first-order chi connectivity index (χ1) is 9.15. The van der Waals surface area contributed by atoms with Gasteiger partial charge < -0.3 is 0 Å². The average molecular weight is 415 g/mol. The van der Waals surface area contributed by atoms with E-state index in [2.05, 4.69) is 63.0 Å². The van der Waals surface area contributed by atoms with Gasteiger partial charge in [-0.25, -0.2) is 4.98 Å². The van der Waals surface area contributed by atoms with Gasteiger partial charge in [-0.05, 0) is 41.1 Å². The van der Waals surface area contributed by atoms with Gasteiger partial charge >= 0.3 is 0 Å². The first-order valence-corrected chi connectivity index (χ1v) is 8.85. The zero-order valence-corrected chi connectivity index (χ0v) is 14.8. The summed E-state index contributed by atoms with van der Waals surface area (Å²) in [5, 5.41) is 1.08. The van der Waals surface area contributed by atoms with E-state index in [9.17, 15) is 0 Å². The largest absolute Gasteiger partial charge is 0.235 e. The SMILES string of the molecule is Cc1sc(-c2ccc(Br)s2)nc1-c1ccccc1Br. The van der Waals surface area contributed by atoms with E-state index in [1.54, 1.807) is 22.7 Å². The third-order valence-corrected chi connectivity index (χ3v) is 6.16. The van der Waals surface area contributed by atoms with Crippen molar-refractivity contribution in [3.05, 3.63) is 49.5 Å². The van der Waals surface area contributed by atoms with Crippen LogP contribution in [0.5, 0.6) is 0 Å². The van der Waals surface area contributed by atoms with Crippen molar-refractivity contribution in [1.29, 1.82) is 0 Å². The van der Waals surface area contributed by atoms with Crippen LogP contribution in [0.1, 0.15) is 4.88 Å². The molecule has 0 amide bonds. The number of thiazole rings is 1. The fourth-order valence-corrected chi connectivity index (χ4v) is 4.68. The van der Waals surface area contributed by atoms with E-state index in [1.165, 1.54) is 9.75 Å². The maximum Gasteiger partial charge on any atom is 0.134 e. The molecule has 0 bridgehead atoms. The Morgan fingerprint density at radius 2 is 1.79 bits per heavy atom. The van der Waals surface area contributed by atoms with E-state index < -0.39 is 0 Å². The molecule has 2 heterocycles. The van der Waals surface area contributed by atoms with Gasteiger partial charge in [-0.3, -0.25) is 0 Å². The highest BCUT2D eigenvalue weighted by Gasteiger charge is 2.14. The molecule has 0 spiro atoms. The number of nitrogens with zero attached hydrogens (tertiary/aromatic N) is 1. The number of hydrogen-bond donors (Lipinski definition) is 0. The lowest BCUT2D eigenvalue weighted by atomic mass is 10.1. The summed E-state index contributed by atoms with van der Waals surface area (Å²) in [7, 11) is 0. The van der Waals surface area contributed by atoms with E-state index in [0.717, 1.165) is 24.5 Å². The van der Waals surface area contributed by atoms with Gasteiger partial charge in [-0.1, -0.05) is 34.1 Å². The fraction of sp³-hybridized carbons (Fsp3) is 0.0714. The van der Waals surface area contributed by atoms with Crippen LogP contribution in [0.15, 0.2) is 44.7 Å². The number of benzene rings is 1. The van der Waals surface area contributed by atoms with Crippen molar-refractivity contribution < 1.29 is 0 Å². The van der Waals surface area contributed by atoms with E-state index in [4.69, 9.17) is 4.98 Å². The minimum atomic E-state index is 1.07. The number of aromatic nitrogens is 1. The number of hydrogen-bond acceptors (Lipinski definition) is 3. The van der Waals surface area contributed by atoms with Crippen molar-refractivity contribution in [2.45, 2.75) is 6.92 Å². The monoisotopic (exact) mass is 413 g/mol. The molecule has 0 aliphatic heterocycles. The highest BCUT2D eigenvalue weighted by atomic mass is 79.9. The molecule has 0 radical (unpaired) electrons. The second-order valence-corrected chi connectivity index (χ2v) is 8.53. The van der Waals surface area contributed by atoms with Crippen molar-refractivity contribution in [3.8, 4) is 21.1 Å². The summed E-state index contributed by atoms with van der Waals surface area (Å²) in [5.74, 6) is 0. The molecule has 0 aliphatic carbocycles. The highest BCUT2D eigenvalue weighted by molar-refractivity contribution is 9.11. The molecule has 0 fully saturated rings. The fourth-order valence-electron chi connectivity index (χ4n) is 1.83. The first kappa shape index (κ1) is 13.5. The molecule has 1 nitrogen and oxygen atoms in total. The van der Waals surface area contributed by atoms with E-state index >= 15 is 0 Å². The van der Waals surface area contributed by atoms with Gasteiger partial charge in [0.1, 0.15) is 5.01 Å². The molecule has 0 N–H and O–H groups in total. The van der Waals surface area contributed by atoms with Crippen LogP contribution in [0.4, 0.5) is 0 Å². The van der Waals surface area contributed by atoms with Crippen molar-refractivity contribution in [2.24, 2.45) is 0 Å². The van der Waals surface area contributed by atoms with E-state index in [0.29, 0.717) is 0 Å². The summed E-state index contributed by atoms with van der Waals surface area (Å²) < 4.78 is 2.22. The van der Waals surface area contributed by atoms with E-state index in [1.807, 2.05) is 12.1 Å². The third kappa shape index (κ3) is 2.70. The number of thiophene rings is 1.